The summed E-state index contributed by atoms with van der Waals surface area (Å²) in [6, 6.07) is 5.60. The summed E-state index contributed by atoms with van der Waals surface area (Å²) >= 11 is 0. The van der Waals surface area contributed by atoms with Gasteiger partial charge < -0.3 is 10.1 Å². The zero-order valence-corrected chi connectivity index (χ0v) is 10.8. The molecule has 19 heavy (non-hydrogen) atoms. The molecule has 0 unspecified atom stereocenters. The summed E-state index contributed by atoms with van der Waals surface area (Å²) in [4.78, 5) is 23.7. The molecule has 0 spiro atoms. The highest BCUT2D eigenvalue weighted by Gasteiger charge is 2.24. The molecule has 1 amide bonds. The number of carbonyl (C=O) groups is 2. The van der Waals surface area contributed by atoms with Gasteiger partial charge in [-0.05, 0) is 43.0 Å². The molecule has 0 bridgehead atoms. The Morgan fingerprint density at radius 2 is 2.00 bits per heavy atom. The number of ether oxygens (including phenoxy) is 1. The molecular weight excluding hydrogens is 242 g/mol. The summed E-state index contributed by atoms with van der Waals surface area (Å²) in [5.74, 6) is 0.351. The van der Waals surface area contributed by atoms with E-state index in [2.05, 4.69) is 5.32 Å². The third-order valence-electron chi connectivity index (χ3n) is 3.88. The molecule has 0 atom stereocenters. The Morgan fingerprint density at radius 3 is 2.79 bits per heavy atom. The van der Waals surface area contributed by atoms with E-state index in [1.54, 1.807) is 0 Å². The number of rotatable bonds is 2. The van der Waals surface area contributed by atoms with Crippen molar-refractivity contribution < 1.29 is 14.3 Å². The van der Waals surface area contributed by atoms with Crippen LogP contribution in [0.5, 0.6) is 0 Å². The molecule has 2 aliphatic heterocycles. The summed E-state index contributed by atoms with van der Waals surface area (Å²) in [7, 11) is 0. The molecule has 1 aromatic rings. The summed E-state index contributed by atoms with van der Waals surface area (Å²) in [5, 5.41) is 2.84. The Kier molecular flexibility index (Phi) is 3.34. The van der Waals surface area contributed by atoms with Crippen LogP contribution in [0.3, 0.4) is 0 Å². The Labute approximate surface area is 112 Å². The van der Waals surface area contributed by atoms with Gasteiger partial charge in [0.1, 0.15) is 0 Å². The number of amides is 1. The van der Waals surface area contributed by atoms with E-state index in [-0.39, 0.29) is 17.6 Å². The van der Waals surface area contributed by atoms with Gasteiger partial charge in [0.05, 0.1) is 0 Å². The van der Waals surface area contributed by atoms with Gasteiger partial charge in [0, 0.05) is 36.8 Å². The first-order valence-corrected chi connectivity index (χ1v) is 6.79. The van der Waals surface area contributed by atoms with Crippen molar-refractivity contribution in [2.24, 2.45) is 5.92 Å². The molecular formula is C15H17NO3. The number of hydrogen-bond donors (Lipinski definition) is 1. The van der Waals surface area contributed by atoms with E-state index < -0.39 is 0 Å². The van der Waals surface area contributed by atoms with Gasteiger partial charge in [-0.1, -0.05) is 0 Å². The fraction of sp³-hybridized carbons (Fsp3) is 0.467. The van der Waals surface area contributed by atoms with E-state index in [4.69, 9.17) is 4.74 Å². The number of nitrogens with one attached hydrogen (secondary N) is 1. The first-order valence-electron chi connectivity index (χ1n) is 6.79. The largest absolute Gasteiger partial charge is 0.381 e. The monoisotopic (exact) mass is 259 g/mol. The standard InChI is InChI=1S/C15H17NO3/c17-14-4-2-11-9-12(1-3-13(11)16-14)15(18)10-5-7-19-8-6-10/h1,3,9-10H,2,4-8H2,(H,16,17). The third kappa shape index (κ3) is 2.54. The maximum Gasteiger partial charge on any atom is 0.224 e. The van der Waals surface area contributed by atoms with E-state index in [1.165, 1.54) is 0 Å². The molecule has 1 N–H and O–H groups in total. The molecule has 0 saturated carbocycles. The summed E-state index contributed by atoms with van der Waals surface area (Å²) < 4.78 is 5.29. The number of ketones is 1. The average Bonchev–Trinajstić information content (AvgIpc) is 2.47. The van der Waals surface area contributed by atoms with Crippen LogP contribution in [-0.2, 0) is 16.0 Å². The van der Waals surface area contributed by atoms with Crippen molar-refractivity contribution in [3.8, 4) is 0 Å². The topological polar surface area (TPSA) is 55.4 Å². The Morgan fingerprint density at radius 1 is 1.21 bits per heavy atom. The fourth-order valence-corrected chi connectivity index (χ4v) is 2.73. The van der Waals surface area contributed by atoms with Gasteiger partial charge in [0.15, 0.2) is 5.78 Å². The van der Waals surface area contributed by atoms with Gasteiger partial charge in [-0.15, -0.1) is 0 Å². The molecule has 1 fully saturated rings. The zero-order valence-electron chi connectivity index (χ0n) is 10.8. The van der Waals surface area contributed by atoms with E-state index >= 15 is 0 Å². The van der Waals surface area contributed by atoms with Gasteiger partial charge in [0.25, 0.3) is 0 Å². The second kappa shape index (κ2) is 5.13. The first-order chi connectivity index (χ1) is 9.24. The van der Waals surface area contributed by atoms with Crippen LogP contribution in [0, 0.1) is 5.92 Å². The zero-order chi connectivity index (χ0) is 13.2. The van der Waals surface area contributed by atoms with Crippen molar-refractivity contribution in [3.63, 3.8) is 0 Å². The SMILES string of the molecule is O=C1CCc2cc(C(=O)C3CCOCC3)ccc2N1. The molecule has 100 valence electrons. The van der Waals surface area contributed by atoms with Crippen LogP contribution in [0.1, 0.15) is 35.2 Å². The maximum atomic E-state index is 12.4. The lowest BCUT2D eigenvalue weighted by molar-refractivity contribution is -0.116. The number of benzene rings is 1. The normalized spacial score (nSPS) is 19.7. The Hall–Kier alpha value is -1.68. The van der Waals surface area contributed by atoms with Crippen molar-refractivity contribution in [2.45, 2.75) is 25.7 Å². The minimum Gasteiger partial charge on any atom is -0.381 e. The van der Waals surface area contributed by atoms with Crippen LogP contribution in [0.2, 0.25) is 0 Å². The Balaban J connectivity index is 1.81. The highest BCUT2D eigenvalue weighted by atomic mass is 16.5. The summed E-state index contributed by atoms with van der Waals surface area (Å²) in [5.41, 5.74) is 2.68. The Bertz CT molecular complexity index is 518. The van der Waals surface area contributed by atoms with E-state index in [0.29, 0.717) is 19.6 Å². The van der Waals surface area contributed by atoms with Crippen molar-refractivity contribution in [2.75, 3.05) is 18.5 Å². The molecule has 4 nitrogen and oxygen atoms in total. The number of aryl methyl sites for hydroxylation is 1. The number of anilines is 1. The lowest BCUT2D eigenvalue weighted by Crippen LogP contribution is -2.24. The molecule has 0 aromatic heterocycles. The first kappa shape index (κ1) is 12.4. The third-order valence-corrected chi connectivity index (χ3v) is 3.88. The molecule has 4 heteroatoms. The molecule has 1 saturated heterocycles. The van der Waals surface area contributed by atoms with E-state index in [1.807, 2.05) is 18.2 Å². The average molecular weight is 259 g/mol. The van der Waals surface area contributed by atoms with E-state index in [0.717, 1.165) is 36.1 Å². The van der Waals surface area contributed by atoms with Gasteiger partial charge in [-0.25, -0.2) is 0 Å². The highest BCUT2D eigenvalue weighted by Crippen LogP contribution is 2.26. The van der Waals surface area contributed by atoms with Crippen LogP contribution in [0.4, 0.5) is 5.69 Å². The number of hydrogen-bond acceptors (Lipinski definition) is 3. The quantitative estimate of drug-likeness (QED) is 0.828. The molecule has 2 heterocycles. The predicted molar refractivity (Wildman–Crippen MR) is 71.3 cm³/mol. The lowest BCUT2D eigenvalue weighted by atomic mass is 9.89. The summed E-state index contributed by atoms with van der Waals surface area (Å²) in [6.07, 6.45) is 2.84. The van der Waals surface area contributed by atoms with Crippen LogP contribution < -0.4 is 5.32 Å². The predicted octanol–water partition coefficient (Wildman–Crippen LogP) is 2.18. The minimum atomic E-state index is 0.0519. The number of fused-ring (bicyclic) bond motifs is 1. The lowest BCUT2D eigenvalue weighted by Gasteiger charge is -2.22. The summed E-state index contributed by atoms with van der Waals surface area (Å²) in [6.45, 7) is 1.36. The van der Waals surface area contributed by atoms with E-state index in [9.17, 15) is 9.59 Å². The smallest absolute Gasteiger partial charge is 0.224 e. The van der Waals surface area contributed by atoms with Crippen molar-refractivity contribution >= 4 is 17.4 Å². The second-order valence-electron chi connectivity index (χ2n) is 5.17. The number of carbonyl (C=O) groups excluding carboxylic acids is 2. The molecule has 2 aliphatic rings. The van der Waals surface area contributed by atoms with Gasteiger partial charge >= 0.3 is 0 Å². The van der Waals surface area contributed by atoms with Crippen LogP contribution in [-0.4, -0.2) is 24.9 Å². The maximum absolute atomic E-state index is 12.4. The van der Waals surface area contributed by atoms with Gasteiger partial charge in [-0.3, -0.25) is 9.59 Å². The van der Waals surface area contributed by atoms with Crippen LogP contribution in [0.15, 0.2) is 18.2 Å². The fourth-order valence-electron chi connectivity index (χ4n) is 2.73. The minimum absolute atomic E-state index is 0.0519. The number of Topliss-reactive ketones (excluding diaryl/α,β-unsaturated/α-hetero) is 1. The molecule has 0 aliphatic carbocycles. The molecule has 3 rings (SSSR count). The van der Waals surface area contributed by atoms with Crippen molar-refractivity contribution in [1.29, 1.82) is 0 Å². The highest BCUT2D eigenvalue weighted by molar-refractivity contribution is 6.00. The van der Waals surface area contributed by atoms with Crippen molar-refractivity contribution in [1.82, 2.24) is 0 Å². The van der Waals surface area contributed by atoms with Crippen LogP contribution >= 0.6 is 0 Å². The van der Waals surface area contributed by atoms with Gasteiger partial charge in [-0.2, -0.15) is 0 Å². The second-order valence-corrected chi connectivity index (χ2v) is 5.17. The molecule has 0 radical (unpaired) electrons. The molecule has 1 aromatic carbocycles. The van der Waals surface area contributed by atoms with Gasteiger partial charge in [0.2, 0.25) is 5.91 Å². The van der Waals surface area contributed by atoms with Crippen LogP contribution in [0.25, 0.3) is 0 Å². The van der Waals surface area contributed by atoms with Crippen molar-refractivity contribution in [3.05, 3.63) is 29.3 Å².